The Morgan fingerprint density at radius 3 is 2.44 bits per heavy atom. The van der Waals surface area contributed by atoms with Crippen LogP contribution in [0.2, 0.25) is 0 Å². The van der Waals surface area contributed by atoms with E-state index < -0.39 is 0 Å². The fourth-order valence-electron chi connectivity index (χ4n) is 4.51. The molecule has 5 nitrogen and oxygen atoms in total. The highest BCUT2D eigenvalue weighted by molar-refractivity contribution is 5.74. The summed E-state index contributed by atoms with van der Waals surface area (Å²) >= 11 is 0. The molecule has 1 heterocycles. The van der Waals surface area contributed by atoms with E-state index in [-0.39, 0.29) is 5.41 Å². The normalized spacial score (nSPS) is 19.7. The van der Waals surface area contributed by atoms with Gasteiger partial charge in [0.05, 0.1) is 5.69 Å². The number of aldehydes is 1. The number of anilines is 2. The van der Waals surface area contributed by atoms with E-state index in [9.17, 15) is 4.79 Å². The molecule has 2 aliphatic rings. The van der Waals surface area contributed by atoms with Gasteiger partial charge in [-0.25, -0.2) is 4.68 Å². The van der Waals surface area contributed by atoms with Crippen LogP contribution in [0.5, 0.6) is 0 Å². The summed E-state index contributed by atoms with van der Waals surface area (Å²) in [6.07, 6.45) is 11.7. The summed E-state index contributed by atoms with van der Waals surface area (Å²) in [5, 5.41) is 8.36. The lowest BCUT2D eigenvalue weighted by Crippen LogP contribution is -2.31. The molecule has 0 bridgehead atoms. The number of allylic oxidation sites excluding steroid dienone is 2. The zero-order chi connectivity index (χ0) is 22.1. The maximum atomic E-state index is 11.0. The summed E-state index contributed by atoms with van der Waals surface area (Å²) in [6.45, 7) is 0. The first-order valence-corrected chi connectivity index (χ1v) is 11.1. The molecule has 1 saturated carbocycles. The molecule has 0 spiro atoms. The number of hydrogen-bond acceptors (Lipinski definition) is 4. The van der Waals surface area contributed by atoms with Crippen LogP contribution in [0.3, 0.4) is 0 Å². The highest BCUT2D eigenvalue weighted by Crippen LogP contribution is 2.44. The lowest BCUT2D eigenvalue weighted by atomic mass is 9.68. The number of rotatable bonds is 7. The van der Waals surface area contributed by atoms with Crippen LogP contribution in [0.25, 0.3) is 12.3 Å². The molecule has 1 atom stereocenters. The van der Waals surface area contributed by atoms with Crippen LogP contribution in [-0.4, -0.2) is 36.2 Å². The molecule has 32 heavy (non-hydrogen) atoms. The Hall–Kier alpha value is -3.60. The predicted octanol–water partition coefficient (Wildman–Crippen LogP) is 4.75. The van der Waals surface area contributed by atoms with E-state index in [1.54, 1.807) is 6.20 Å². The molecule has 2 aromatic carbocycles. The summed E-state index contributed by atoms with van der Waals surface area (Å²) < 4.78 is 1.86. The van der Waals surface area contributed by atoms with Crippen LogP contribution in [0.4, 0.5) is 11.5 Å². The van der Waals surface area contributed by atoms with Gasteiger partial charge in [-0.1, -0.05) is 54.6 Å². The minimum absolute atomic E-state index is 0.317. The maximum absolute atomic E-state index is 11.0. The Morgan fingerprint density at radius 1 is 1.06 bits per heavy atom. The van der Waals surface area contributed by atoms with Crippen LogP contribution in [-0.2, 0) is 16.6 Å². The van der Waals surface area contributed by atoms with Crippen molar-refractivity contribution in [2.75, 3.05) is 24.3 Å². The van der Waals surface area contributed by atoms with E-state index in [1.807, 2.05) is 4.68 Å². The molecule has 0 saturated heterocycles. The fraction of sp³-hybridized carbons (Fsp3) is 0.259. The van der Waals surface area contributed by atoms with Gasteiger partial charge in [-0.15, -0.1) is 0 Å². The molecule has 1 fully saturated rings. The Kier molecular flexibility index (Phi) is 5.17. The van der Waals surface area contributed by atoms with Crippen molar-refractivity contribution in [3.63, 3.8) is 0 Å². The van der Waals surface area contributed by atoms with E-state index in [0.717, 1.165) is 29.8 Å². The summed E-state index contributed by atoms with van der Waals surface area (Å²) in [5.41, 5.74) is 5.55. The number of fused-ring (bicyclic) bond motifs is 1. The third-order valence-corrected chi connectivity index (χ3v) is 6.44. The number of benzene rings is 2. The van der Waals surface area contributed by atoms with Gasteiger partial charge >= 0.3 is 0 Å². The molecule has 1 aromatic heterocycles. The van der Waals surface area contributed by atoms with Crippen LogP contribution in [0.15, 0.2) is 66.7 Å². The molecule has 1 unspecified atom stereocenters. The van der Waals surface area contributed by atoms with Crippen molar-refractivity contribution >= 4 is 30.1 Å². The van der Waals surface area contributed by atoms with Crippen LogP contribution >= 0.6 is 0 Å². The number of aromatic nitrogens is 2. The van der Waals surface area contributed by atoms with Crippen LogP contribution in [0, 0.1) is 0 Å². The third-order valence-electron chi connectivity index (χ3n) is 6.44. The summed E-state index contributed by atoms with van der Waals surface area (Å²) in [5.74, 6) is 0.902. The molecule has 5 heteroatoms. The van der Waals surface area contributed by atoms with Gasteiger partial charge in [-0.3, -0.25) is 4.79 Å². The monoisotopic (exact) mass is 424 g/mol. The fourth-order valence-corrected chi connectivity index (χ4v) is 4.51. The van der Waals surface area contributed by atoms with Gasteiger partial charge in [0.25, 0.3) is 0 Å². The van der Waals surface area contributed by atoms with E-state index in [1.165, 1.54) is 35.7 Å². The topological polar surface area (TPSA) is 50.2 Å². The van der Waals surface area contributed by atoms with Gasteiger partial charge in [0, 0.05) is 49.4 Å². The first-order chi connectivity index (χ1) is 15.6. The number of nitrogens with one attached hydrogen (secondary N) is 1. The minimum atomic E-state index is -0.317. The Bertz CT molecular complexity index is 1170. The molecular formula is C27H28N4O. The molecule has 0 radical (unpaired) electrons. The lowest BCUT2D eigenvalue weighted by molar-refractivity contribution is -0.104. The standard InChI is InChI=1S/C27H28N4O/c1-30(2)23-13-9-21(10-14-23)27(20-7-4-3-5-8-20)16-15-24-25(19-27)31(17-6-18-32)29-26(24)28-22-11-12-22/h3-10,13-18,22H,11-12,19H2,1-2H3,(H,28,29). The Balaban J connectivity index is 1.64. The molecule has 5 rings (SSSR count). The SMILES string of the molecule is CN(C)c1ccc(C2(c3ccccc3)C=Cc3c(NC4CC4)nn(C=CC=O)c3C2)cc1. The van der Waals surface area contributed by atoms with E-state index in [2.05, 4.69) is 91.1 Å². The summed E-state index contributed by atoms with van der Waals surface area (Å²) in [6, 6.07) is 19.9. The highest BCUT2D eigenvalue weighted by Gasteiger charge is 2.38. The first-order valence-electron chi connectivity index (χ1n) is 11.1. The largest absolute Gasteiger partial charge is 0.378 e. The number of carbonyl (C=O) groups is 1. The zero-order valence-corrected chi connectivity index (χ0v) is 18.5. The first kappa shape index (κ1) is 20.3. The lowest BCUT2D eigenvalue weighted by Gasteiger charge is -2.35. The van der Waals surface area contributed by atoms with Crippen LogP contribution < -0.4 is 10.2 Å². The number of carbonyl (C=O) groups excluding carboxylic acids is 1. The van der Waals surface area contributed by atoms with Gasteiger partial charge in [0.15, 0.2) is 5.82 Å². The van der Waals surface area contributed by atoms with Crippen molar-refractivity contribution in [1.82, 2.24) is 9.78 Å². The Morgan fingerprint density at radius 2 is 1.78 bits per heavy atom. The molecule has 162 valence electrons. The number of nitrogens with zero attached hydrogens (tertiary/aromatic N) is 3. The third kappa shape index (κ3) is 3.64. The highest BCUT2D eigenvalue weighted by atomic mass is 16.1. The van der Waals surface area contributed by atoms with E-state index >= 15 is 0 Å². The van der Waals surface area contributed by atoms with Gasteiger partial charge in [-0.2, -0.15) is 5.10 Å². The molecule has 2 aliphatic carbocycles. The molecule has 3 aromatic rings. The second kappa shape index (κ2) is 8.15. The van der Waals surface area contributed by atoms with Gasteiger partial charge in [0.1, 0.15) is 6.29 Å². The quantitative estimate of drug-likeness (QED) is 0.439. The predicted molar refractivity (Wildman–Crippen MR) is 131 cm³/mol. The van der Waals surface area contributed by atoms with Crippen molar-refractivity contribution in [3.05, 3.63) is 89.1 Å². The molecule has 1 N–H and O–H groups in total. The van der Waals surface area contributed by atoms with Crippen molar-refractivity contribution in [1.29, 1.82) is 0 Å². The van der Waals surface area contributed by atoms with Gasteiger partial charge < -0.3 is 10.2 Å². The van der Waals surface area contributed by atoms with Crippen molar-refractivity contribution < 1.29 is 4.79 Å². The van der Waals surface area contributed by atoms with E-state index in [4.69, 9.17) is 5.10 Å². The molecule has 0 amide bonds. The second-order valence-corrected chi connectivity index (χ2v) is 8.84. The molecular weight excluding hydrogens is 396 g/mol. The average Bonchev–Trinajstić information content (AvgIpc) is 3.59. The van der Waals surface area contributed by atoms with Crippen molar-refractivity contribution in [2.24, 2.45) is 0 Å². The average molecular weight is 425 g/mol. The minimum Gasteiger partial charge on any atom is -0.378 e. The summed E-state index contributed by atoms with van der Waals surface area (Å²) in [7, 11) is 4.11. The second-order valence-electron chi connectivity index (χ2n) is 8.84. The summed E-state index contributed by atoms with van der Waals surface area (Å²) in [4.78, 5) is 13.2. The zero-order valence-electron chi connectivity index (χ0n) is 18.5. The maximum Gasteiger partial charge on any atom is 0.156 e. The Labute approximate surface area is 189 Å². The van der Waals surface area contributed by atoms with Gasteiger partial charge in [-0.05, 0) is 42.2 Å². The number of hydrogen-bond donors (Lipinski definition) is 1. The smallest absolute Gasteiger partial charge is 0.156 e. The van der Waals surface area contributed by atoms with Crippen molar-refractivity contribution in [3.8, 4) is 0 Å². The van der Waals surface area contributed by atoms with E-state index in [0.29, 0.717) is 6.04 Å². The van der Waals surface area contributed by atoms with Gasteiger partial charge in [0.2, 0.25) is 0 Å². The van der Waals surface area contributed by atoms with Crippen LogP contribution in [0.1, 0.15) is 35.2 Å². The molecule has 0 aliphatic heterocycles. The van der Waals surface area contributed by atoms with Crippen molar-refractivity contribution in [2.45, 2.75) is 30.7 Å².